The highest BCUT2D eigenvalue weighted by Crippen LogP contribution is 2.67. The molecule has 0 aromatic carbocycles. The maximum atomic E-state index is 12.8. The van der Waals surface area contributed by atoms with E-state index < -0.39 is 0 Å². The lowest BCUT2D eigenvalue weighted by molar-refractivity contribution is -0.875. The molecule has 5 nitrogen and oxygen atoms in total. The van der Waals surface area contributed by atoms with Gasteiger partial charge in [-0.3, -0.25) is 0 Å². The Kier molecular flexibility index (Phi) is 6.34. The number of hydrogen-bond acceptors (Lipinski definition) is 4. The van der Waals surface area contributed by atoms with Crippen LogP contribution in [0.4, 0.5) is 0 Å². The van der Waals surface area contributed by atoms with Crippen molar-refractivity contribution in [2.45, 2.75) is 92.3 Å². The van der Waals surface area contributed by atoms with E-state index in [1.54, 1.807) is 0 Å². The Morgan fingerprint density at radius 3 is 1.34 bits per heavy atom. The molecule has 184 valence electrons. The summed E-state index contributed by atoms with van der Waals surface area (Å²) in [5, 5.41) is 0. The van der Waals surface area contributed by atoms with Crippen molar-refractivity contribution in [3.8, 4) is 0 Å². The molecule has 4 fully saturated rings. The maximum absolute atomic E-state index is 12.8. The normalized spacial score (nSPS) is 40.8. The lowest BCUT2D eigenvalue weighted by Gasteiger charge is -2.39. The van der Waals surface area contributed by atoms with E-state index in [0.717, 1.165) is 25.7 Å². The van der Waals surface area contributed by atoms with Gasteiger partial charge in [0.2, 0.25) is 0 Å². The molecule has 0 N–H and O–H groups in total. The van der Waals surface area contributed by atoms with Crippen LogP contribution in [-0.2, 0) is 19.1 Å². The molecule has 0 heterocycles. The van der Waals surface area contributed by atoms with Crippen molar-refractivity contribution in [3.05, 3.63) is 0 Å². The molecule has 0 saturated heterocycles. The number of rotatable bonds is 6. The van der Waals surface area contributed by atoms with Crippen LogP contribution >= 0.6 is 0 Å². The van der Waals surface area contributed by atoms with E-state index in [0.29, 0.717) is 11.8 Å². The van der Waals surface area contributed by atoms with E-state index in [2.05, 4.69) is 41.5 Å². The average Bonchev–Trinajstić information content (AvgIpc) is 3.12. The molecule has 0 radical (unpaired) electrons. The van der Waals surface area contributed by atoms with Gasteiger partial charge in [0, 0.05) is 10.8 Å². The van der Waals surface area contributed by atoms with Crippen molar-refractivity contribution < 1.29 is 36.0 Å². The van der Waals surface area contributed by atoms with Crippen LogP contribution in [0.1, 0.15) is 80.1 Å². The second-order valence-corrected chi connectivity index (χ2v) is 13.4. The number of halogens is 1. The van der Waals surface area contributed by atoms with Crippen LogP contribution in [0.5, 0.6) is 0 Å². The number of esters is 2. The highest BCUT2D eigenvalue weighted by molar-refractivity contribution is 5.73. The second-order valence-electron chi connectivity index (χ2n) is 13.4. The zero-order chi connectivity index (χ0) is 23.0. The van der Waals surface area contributed by atoms with E-state index in [4.69, 9.17) is 9.47 Å². The number of likely N-dealkylation sites (N-methyl/N-ethyl adjacent to an activating group) is 1. The van der Waals surface area contributed by atoms with Crippen molar-refractivity contribution in [2.75, 3.05) is 27.2 Å². The predicted molar refractivity (Wildman–Crippen MR) is 120 cm³/mol. The third-order valence-electron chi connectivity index (χ3n) is 11.1. The maximum Gasteiger partial charge on any atom is 0.362 e. The lowest BCUT2D eigenvalue weighted by Crippen LogP contribution is -3.00. The number of hydrogen-bond donors (Lipinski definition) is 0. The molecule has 6 heteroatoms. The molecule has 4 aliphatic carbocycles. The van der Waals surface area contributed by atoms with Crippen molar-refractivity contribution in [1.82, 2.24) is 0 Å². The Bertz CT molecular complexity index is 716. The third kappa shape index (κ3) is 3.70. The molecule has 0 spiro atoms. The van der Waals surface area contributed by atoms with Crippen LogP contribution in [0.25, 0.3) is 0 Å². The molecule has 0 aromatic rings. The van der Waals surface area contributed by atoms with Crippen LogP contribution in [0.2, 0.25) is 0 Å². The summed E-state index contributed by atoms with van der Waals surface area (Å²) in [6.45, 7) is 14.3. The number of carbonyl (C=O) groups is 2. The molecule has 4 saturated carbocycles. The van der Waals surface area contributed by atoms with Crippen LogP contribution < -0.4 is 12.4 Å². The summed E-state index contributed by atoms with van der Waals surface area (Å²) in [5.41, 5.74) is 0.564. The third-order valence-corrected chi connectivity index (χ3v) is 11.1. The molecule has 4 bridgehead atoms. The first kappa shape index (κ1) is 25.8. The van der Waals surface area contributed by atoms with Crippen LogP contribution in [0, 0.1) is 33.5 Å². The Morgan fingerprint density at radius 1 is 0.750 bits per heavy atom. The summed E-state index contributed by atoms with van der Waals surface area (Å²) in [6.07, 6.45) is 6.68. The first-order valence-electron chi connectivity index (χ1n) is 12.3. The molecule has 4 aliphatic rings. The number of ether oxygens (including phenoxy) is 2. The van der Waals surface area contributed by atoms with Crippen molar-refractivity contribution in [2.24, 2.45) is 33.5 Å². The highest BCUT2D eigenvalue weighted by atomic mass is 35.5. The first-order valence-corrected chi connectivity index (χ1v) is 12.3. The summed E-state index contributed by atoms with van der Waals surface area (Å²) in [7, 11) is 3.84. The van der Waals surface area contributed by atoms with Crippen molar-refractivity contribution in [1.29, 1.82) is 0 Å². The summed E-state index contributed by atoms with van der Waals surface area (Å²) in [4.78, 5) is 25.6. The molecule has 0 aromatic heterocycles. The number of quaternary nitrogens is 1. The van der Waals surface area contributed by atoms with Crippen molar-refractivity contribution in [3.63, 3.8) is 0 Å². The fourth-order valence-corrected chi connectivity index (χ4v) is 7.76. The average molecular weight is 470 g/mol. The fourth-order valence-electron chi connectivity index (χ4n) is 7.76. The smallest absolute Gasteiger partial charge is 0.362 e. The zero-order valence-corrected chi connectivity index (χ0v) is 22.2. The molecular weight excluding hydrogens is 426 g/mol. The van der Waals surface area contributed by atoms with Gasteiger partial charge in [-0.25, -0.2) is 9.59 Å². The van der Waals surface area contributed by atoms with Gasteiger partial charge in [0.25, 0.3) is 0 Å². The summed E-state index contributed by atoms with van der Waals surface area (Å²) in [5.74, 6) is 0.890. The SMILES string of the molecule is CC1(C)C2CCC1(C)C(OC(=O)C[N+](C)(C)CC(=O)OC1CC3CCC1(C)C3(C)C)C2.[Cl-]. The highest BCUT2D eigenvalue weighted by Gasteiger charge is 2.64. The molecular formula is C26H44ClNO4. The minimum absolute atomic E-state index is 0. The van der Waals surface area contributed by atoms with E-state index in [9.17, 15) is 9.59 Å². The Hall–Kier alpha value is -0.810. The van der Waals surface area contributed by atoms with Gasteiger partial charge in [-0.05, 0) is 61.2 Å². The second kappa shape index (κ2) is 7.86. The summed E-state index contributed by atoms with van der Waals surface area (Å²) in [6, 6.07) is 0. The zero-order valence-electron chi connectivity index (χ0n) is 21.4. The minimum Gasteiger partial charge on any atom is -1.00 e. The first-order chi connectivity index (χ1) is 14.1. The van der Waals surface area contributed by atoms with Crippen LogP contribution in [0.3, 0.4) is 0 Å². The van der Waals surface area contributed by atoms with Gasteiger partial charge < -0.3 is 26.4 Å². The van der Waals surface area contributed by atoms with Gasteiger partial charge >= 0.3 is 11.9 Å². The molecule has 4 rings (SSSR count). The Morgan fingerprint density at radius 2 is 1.09 bits per heavy atom. The summed E-state index contributed by atoms with van der Waals surface area (Å²) >= 11 is 0. The van der Waals surface area contributed by atoms with E-state index in [1.807, 2.05) is 14.1 Å². The van der Waals surface area contributed by atoms with Crippen LogP contribution in [0.15, 0.2) is 0 Å². The van der Waals surface area contributed by atoms with E-state index in [1.165, 1.54) is 12.8 Å². The van der Waals surface area contributed by atoms with E-state index >= 15 is 0 Å². The number of carbonyl (C=O) groups excluding carboxylic acids is 2. The van der Waals surface area contributed by atoms with Gasteiger partial charge in [-0.15, -0.1) is 0 Å². The Balaban J connectivity index is 0.00000289. The van der Waals surface area contributed by atoms with Gasteiger partial charge in [0.1, 0.15) is 12.2 Å². The molecule has 6 atom stereocenters. The fraction of sp³-hybridized carbons (Fsp3) is 0.923. The van der Waals surface area contributed by atoms with Gasteiger partial charge in [-0.2, -0.15) is 0 Å². The standard InChI is InChI=1S/C26H44NO4.ClH/c1-23(2)17-9-11-25(23,5)19(13-17)30-21(28)15-27(7,8)16-22(29)31-20-14-18-10-12-26(20,6)24(18,3)4;/h17-20H,9-16H2,1-8H3;1H/q+1;/p-1. The topological polar surface area (TPSA) is 52.6 Å². The number of fused-ring (bicyclic) bond motifs is 4. The Labute approximate surface area is 201 Å². The summed E-state index contributed by atoms with van der Waals surface area (Å²) < 4.78 is 12.3. The monoisotopic (exact) mass is 469 g/mol. The lowest BCUT2D eigenvalue weighted by atomic mass is 9.70. The van der Waals surface area contributed by atoms with Crippen LogP contribution in [-0.4, -0.2) is 55.8 Å². The van der Waals surface area contributed by atoms with E-state index in [-0.39, 0.29) is 75.8 Å². The number of nitrogens with zero attached hydrogens (tertiary/aromatic N) is 1. The minimum atomic E-state index is -0.194. The van der Waals surface area contributed by atoms with Gasteiger partial charge in [0.15, 0.2) is 13.1 Å². The van der Waals surface area contributed by atoms with Crippen molar-refractivity contribution >= 4 is 11.9 Å². The molecule has 6 unspecified atom stereocenters. The predicted octanol–water partition coefficient (Wildman–Crippen LogP) is 1.58. The largest absolute Gasteiger partial charge is 1.00 e. The quantitative estimate of drug-likeness (QED) is 0.438. The molecule has 32 heavy (non-hydrogen) atoms. The van der Waals surface area contributed by atoms with Gasteiger partial charge in [0.05, 0.1) is 14.1 Å². The van der Waals surface area contributed by atoms with Gasteiger partial charge in [-0.1, -0.05) is 41.5 Å². The molecule has 0 aliphatic heterocycles. The molecule has 0 amide bonds.